The zero-order valence-corrected chi connectivity index (χ0v) is 18.0. The fourth-order valence-electron chi connectivity index (χ4n) is 4.87. The van der Waals surface area contributed by atoms with Crippen molar-refractivity contribution in [2.45, 2.75) is 50.0 Å². The van der Waals surface area contributed by atoms with Gasteiger partial charge in [0, 0.05) is 24.7 Å². The molecular weight excluding hydrogens is 402 g/mol. The Morgan fingerprint density at radius 3 is 2.78 bits per heavy atom. The van der Waals surface area contributed by atoms with Crippen LogP contribution in [0.5, 0.6) is 0 Å². The van der Waals surface area contributed by atoms with Crippen molar-refractivity contribution in [3.05, 3.63) is 60.1 Å². The second kappa shape index (κ2) is 7.25. The highest BCUT2D eigenvalue weighted by atomic mass is 16.2. The highest BCUT2D eigenvalue weighted by Gasteiger charge is 2.46. The Kier molecular flexibility index (Phi) is 4.34. The zero-order valence-electron chi connectivity index (χ0n) is 18.0. The number of aromatic nitrogens is 6. The number of amides is 1. The summed E-state index contributed by atoms with van der Waals surface area (Å²) in [6, 6.07) is 8.34. The SMILES string of the molecule is Cn1cc(-c2cccc(C3(NC(=O)c4ncnc5nc(C6CCCC6)[nH]c45)CC3)c2)cn1. The maximum atomic E-state index is 13.3. The lowest BCUT2D eigenvalue weighted by atomic mass is 9.99. The quantitative estimate of drug-likeness (QED) is 0.504. The van der Waals surface area contributed by atoms with Gasteiger partial charge < -0.3 is 10.3 Å². The third-order valence-corrected chi connectivity index (χ3v) is 6.82. The van der Waals surface area contributed by atoms with Gasteiger partial charge >= 0.3 is 0 Å². The van der Waals surface area contributed by atoms with Crippen LogP contribution in [-0.4, -0.2) is 35.6 Å². The van der Waals surface area contributed by atoms with Crippen molar-refractivity contribution in [2.24, 2.45) is 7.05 Å². The van der Waals surface area contributed by atoms with Crippen LogP contribution in [0.1, 0.15) is 66.3 Å². The van der Waals surface area contributed by atoms with Gasteiger partial charge in [0.25, 0.3) is 5.91 Å². The van der Waals surface area contributed by atoms with E-state index in [1.54, 1.807) is 4.68 Å². The highest BCUT2D eigenvalue weighted by molar-refractivity contribution is 6.02. The van der Waals surface area contributed by atoms with Gasteiger partial charge in [-0.1, -0.05) is 31.0 Å². The monoisotopic (exact) mass is 427 g/mol. The molecule has 0 radical (unpaired) electrons. The molecule has 3 heterocycles. The molecule has 0 saturated heterocycles. The standard InChI is InChI=1S/C24H25N7O/c1-31-13-17(12-27-31)16-7-4-8-18(11-16)24(9-10-24)30-23(32)20-19-22(26-14-25-20)29-21(28-19)15-5-2-3-6-15/h4,7-8,11-15H,2-3,5-6,9-10H2,1H3,(H,30,32)(H,25,26,28,29). The lowest BCUT2D eigenvalue weighted by molar-refractivity contribution is 0.0927. The number of nitrogens with zero attached hydrogens (tertiary/aromatic N) is 5. The molecule has 0 atom stereocenters. The summed E-state index contributed by atoms with van der Waals surface area (Å²) in [7, 11) is 1.91. The summed E-state index contributed by atoms with van der Waals surface area (Å²) in [5.74, 6) is 1.16. The molecule has 4 aromatic rings. The number of hydrogen-bond donors (Lipinski definition) is 2. The lowest BCUT2D eigenvalue weighted by Gasteiger charge is -2.18. The Balaban J connectivity index is 1.29. The third-order valence-electron chi connectivity index (χ3n) is 6.82. The van der Waals surface area contributed by atoms with Crippen LogP contribution < -0.4 is 5.32 Å². The lowest BCUT2D eigenvalue weighted by Crippen LogP contribution is -2.35. The molecule has 0 unspecified atom stereocenters. The first-order valence-corrected chi connectivity index (χ1v) is 11.2. The van der Waals surface area contributed by atoms with E-state index in [2.05, 4.69) is 48.6 Å². The molecular formula is C24H25N7O. The molecule has 0 aliphatic heterocycles. The van der Waals surface area contributed by atoms with Crippen LogP contribution in [0.4, 0.5) is 0 Å². The molecule has 2 aliphatic rings. The number of H-pyrrole nitrogens is 1. The van der Waals surface area contributed by atoms with Crippen LogP contribution >= 0.6 is 0 Å². The van der Waals surface area contributed by atoms with E-state index in [1.165, 1.54) is 19.2 Å². The van der Waals surface area contributed by atoms with Crippen molar-refractivity contribution in [2.75, 3.05) is 0 Å². The Labute approximate surface area is 185 Å². The molecule has 8 nitrogen and oxygen atoms in total. The minimum absolute atomic E-state index is 0.191. The fourth-order valence-corrected chi connectivity index (χ4v) is 4.87. The highest BCUT2D eigenvalue weighted by Crippen LogP contribution is 2.46. The average Bonchev–Trinajstić information content (AvgIpc) is 3.22. The number of fused-ring (bicyclic) bond motifs is 1. The number of aryl methyl sites for hydroxylation is 1. The third kappa shape index (κ3) is 3.26. The van der Waals surface area contributed by atoms with E-state index in [0.29, 0.717) is 22.8 Å². The second-order valence-electron chi connectivity index (χ2n) is 9.04. The minimum atomic E-state index is -0.360. The van der Waals surface area contributed by atoms with Crippen LogP contribution in [0.2, 0.25) is 0 Å². The summed E-state index contributed by atoms with van der Waals surface area (Å²) in [4.78, 5) is 29.9. The number of aromatic amines is 1. The van der Waals surface area contributed by atoms with Gasteiger partial charge in [-0.15, -0.1) is 0 Å². The van der Waals surface area contributed by atoms with Crippen molar-refractivity contribution in [3.63, 3.8) is 0 Å². The normalized spacial score (nSPS) is 17.7. The summed E-state index contributed by atoms with van der Waals surface area (Å²) >= 11 is 0. The molecule has 0 bridgehead atoms. The minimum Gasteiger partial charge on any atom is -0.341 e. The van der Waals surface area contributed by atoms with Crippen LogP contribution in [0.3, 0.4) is 0 Å². The van der Waals surface area contributed by atoms with E-state index in [1.807, 2.05) is 25.5 Å². The number of nitrogens with one attached hydrogen (secondary N) is 2. The van der Waals surface area contributed by atoms with Gasteiger partial charge in [-0.2, -0.15) is 5.10 Å². The van der Waals surface area contributed by atoms with Crippen molar-refractivity contribution >= 4 is 17.1 Å². The van der Waals surface area contributed by atoms with Gasteiger partial charge in [0.2, 0.25) is 0 Å². The topological polar surface area (TPSA) is 101 Å². The molecule has 162 valence electrons. The first kappa shape index (κ1) is 19.2. The predicted octanol–water partition coefficient (Wildman–Crippen LogP) is 3.83. The molecule has 3 aromatic heterocycles. The first-order valence-electron chi connectivity index (χ1n) is 11.2. The Bertz CT molecular complexity index is 1310. The maximum absolute atomic E-state index is 13.3. The molecule has 2 saturated carbocycles. The van der Waals surface area contributed by atoms with Gasteiger partial charge in [-0.3, -0.25) is 9.48 Å². The van der Waals surface area contributed by atoms with Crippen LogP contribution in [0.15, 0.2) is 43.0 Å². The van der Waals surface area contributed by atoms with Gasteiger partial charge in [0.05, 0.1) is 11.7 Å². The van der Waals surface area contributed by atoms with Crippen molar-refractivity contribution in [3.8, 4) is 11.1 Å². The van der Waals surface area contributed by atoms with Crippen molar-refractivity contribution < 1.29 is 4.79 Å². The molecule has 8 heteroatoms. The number of carbonyl (C=O) groups excluding carboxylic acids is 1. The van der Waals surface area contributed by atoms with E-state index < -0.39 is 0 Å². The van der Waals surface area contributed by atoms with E-state index in [-0.39, 0.29) is 11.4 Å². The summed E-state index contributed by atoms with van der Waals surface area (Å²) in [6.07, 6.45) is 11.8. The van der Waals surface area contributed by atoms with Crippen molar-refractivity contribution in [1.82, 2.24) is 35.0 Å². The average molecular weight is 428 g/mol. The molecule has 6 rings (SSSR count). The molecule has 0 spiro atoms. The number of rotatable bonds is 5. The second-order valence-corrected chi connectivity index (χ2v) is 9.04. The summed E-state index contributed by atoms with van der Waals surface area (Å²) in [6.45, 7) is 0. The van der Waals surface area contributed by atoms with E-state index in [9.17, 15) is 4.79 Å². The Morgan fingerprint density at radius 2 is 2.03 bits per heavy atom. The zero-order chi connectivity index (χ0) is 21.7. The van der Waals surface area contributed by atoms with Gasteiger partial charge in [0.1, 0.15) is 17.7 Å². The van der Waals surface area contributed by atoms with Gasteiger partial charge in [0.15, 0.2) is 11.3 Å². The molecule has 2 fully saturated rings. The Morgan fingerprint density at radius 1 is 1.19 bits per heavy atom. The smallest absolute Gasteiger partial charge is 0.272 e. The fraction of sp³-hybridized carbons (Fsp3) is 0.375. The number of imidazole rings is 1. The molecule has 2 aliphatic carbocycles. The molecule has 2 N–H and O–H groups in total. The molecule has 32 heavy (non-hydrogen) atoms. The number of benzene rings is 1. The van der Waals surface area contributed by atoms with Gasteiger partial charge in [-0.05, 0) is 42.9 Å². The summed E-state index contributed by atoms with van der Waals surface area (Å²) in [5, 5.41) is 7.53. The van der Waals surface area contributed by atoms with Crippen LogP contribution in [0.25, 0.3) is 22.3 Å². The van der Waals surface area contributed by atoms with E-state index in [0.717, 1.165) is 48.2 Å². The largest absolute Gasteiger partial charge is 0.341 e. The summed E-state index contributed by atoms with van der Waals surface area (Å²) in [5.41, 5.74) is 4.46. The maximum Gasteiger partial charge on any atom is 0.272 e. The summed E-state index contributed by atoms with van der Waals surface area (Å²) < 4.78 is 1.79. The number of carbonyl (C=O) groups is 1. The first-order chi connectivity index (χ1) is 15.6. The molecule has 1 aromatic carbocycles. The molecule has 1 amide bonds. The van der Waals surface area contributed by atoms with Crippen molar-refractivity contribution in [1.29, 1.82) is 0 Å². The van der Waals surface area contributed by atoms with Crippen LogP contribution in [-0.2, 0) is 12.6 Å². The van der Waals surface area contributed by atoms with E-state index >= 15 is 0 Å². The van der Waals surface area contributed by atoms with Crippen LogP contribution in [0, 0.1) is 0 Å². The van der Waals surface area contributed by atoms with E-state index in [4.69, 9.17) is 0 Å². The van der Waals surface area contributed by atoms with Gasteiger partial charge in [-0.25, -0.2) is 15.0 Å². The predicted molar refractivity (Wildman–Crippen MR) is 120 cm³/mol. The Hall–Kier alpha value is -3.55. The number of hydrogen-bond acceptors (Lipinski definition) is 5.